The molecule has 0 radical (unpaired) electrons. The second kappa shape index (κ2) is 16.9. The van der Waals surface area contributed by atoms with E-state index in [2.05, 4.69) is 261 Å². The summed E-state index contributed by atoms with van der Waals surface area (Å²) >= 11 is 0. The maximum absolute atomic E-state index is 7.67. The highest BCUT2D eigenvalue weighted by molar-refractivity contribution is 7.05. The number of hydrogen-bond acceptors (Lipinski definition) is 7. The third-order valence-corrected chi connectivity index (χ3v) is 17.5. The molecule has 6 aliphatic heterocycles. The minimum atomic E-state index is -0.450. The maximum atomic E-state index is 7.67. The van der Waals surface area contributed by atoms with Crippen LogP contribution in [0.15, 0.2) is 218 Å². The van der Waals surface area contributed by atoms with Gasteiger partial charge in [0.15, 0.2) is 0 Å². The van der Waals surface area contributed by atoms with Gasteiger partial charge in [0.1, 0.15) is 46.0 Å². The van der Waals surface area contributed by atoms with Gasteiger partial charge in [-0.25, -0.2) is 0 Å². The van der Waals surface area contributed by atoms with E-state index in [1.54, 1.807) is 0 Å². The highest BCUT2D eigenvalue weighted by Gasteiger charge is 2.54. The first-order chi connectivity index (χ1) is 39.4. The van der Waals surface area contributed by atoms with Gasteiger partial charge < -0.3 is 33.6 Å². The Kier molecular flexibility index (Phi) is 9.54. The van der Waals surface area contributed by atoms with E-state index < -0.39 is 6.71 Å². The highest BCUT2D eigenvalue weighted by atomic mass is 16.5. The van der Waals surface area contributed by atoms with E-state index in [1.165, 1.54) is 0 Å². The molecular weight excluding hydrogens is 979 g/mol. The molecule has 0 saturated heterocycles. The van der Waals surface area contributed by atoms with Gasteiger partial charge in [-0.2, -0.15) is 0 Å². The van der Waals surface area contributed by atoms with Crippen molar-refractivity contribution in [2.45, 2.75) is 27.7 Å². The molecule has 376 valence electrons. The molecule has 11 aromatic carbocycles. The van der Waals surface area contributed by atoms with Crippen molar-refractivity contribution in [1.29, 1.82) is 0 Å². The highest BCUT2D eigenvalue weighted by Crippen LogP contribution is 2.54. The zero-order valence-corrected chi connectivity index (χ0v) is 44.5. The molecule has 0 atom stereocenters. The summed E-state index contributed by atoms with van der Waals surface area (Å²) in [5, 5.41) is 0. The molecule has 17 rings (SSSR count). The third kappa shape index (κ3) is 6.24. The van der Waals surface area contributed by atoms with Crippen LogP contribution in [-0.4, -0.2) is 20.1 Å². The van der Waals surface area contributed by atoms with Gasteiger partial charge >= 0.3 is 0 Å². The Morgan fingerprint density at radius 3 is 1.01 bits per heavy atom. The lowest BCUT2D eigenvalue weighted by molar-refractivity contribution is 0.466. The van der Waals surface area contributed by atoms with E-state index in [0.29, 0.717) is 0 Å². The Labute approximate surface area is 466 Å². The fourth-order valence-corrected chi connectivity index (χ4v) is 14.3. The van der Waals surface area contributed by atoms with Crippen LogP contribution in [0.3, 0.4) is 0 Å². The van der Waals surface area contributed by atoms with Gasteiger partial charge in [0.05, 0.1) is 17.1 Å². The van der Waals surface area contributed by atoms with Crippen molar-refractivity contribution >= 4 is 120 Å². The molecule has 0 N–H and O–H groups in total. The maximum Gasteiger partial charge on any atom is 0.261 e. The van der Waals surface area contributed by atoms with Gasteiger partial charge in [-0.05, 0) is 149 Å². The van der Waals surface area contributed by atoms with Gasteiger partial charge in [0.25, 0.3) is 20.1 Å². The molecule has 0 aromatic heterocycles. The lowest BCUT2D eigenvalue weighted by Crippen LogP contribution is -2.66. The molecule has 80 heavy (non-hydrogen) atoms. The molecule has 11 aromatic rings. The Bertz CT molecular complexity index is 4150. The molecular formula is C70H48B3N3O4. The normalized spacial score (nSPS) is 13.8. The minimum absolute atomic E-state index is 0.157. The summed E-state index contributed by atoms with van der Waals surface area (Å²) in [5.74, 6) is 6.51. The first kappa shape index (κ1) is 45.3. The van der Waals surface area contributed by atoms with Crippen molar-refractivity contribution in [3.05, 3.63) is 241 Å². The largest absolute Gasteiger partial charge is 0.459 e. The minimum Gasteiger partial charge on any atom is -0.459 e. The quantitative estimate of drug-likeness (QED) is 0.159. The molecule has 6 aliphatic rings. The molecule has 6 heterocycles. The van der Waals surface area contributed by atoms with E-state index in [-0.39, 0.29) is 13.4 Å². The average molecular weight is 1030 g/mol. The Hall–Kier alpha value is -9.79. The van der Waals surface area contributed by atoms with Crippen molar-refractivity contribution in [3.8, 4) is 46.0 Å². The number of nitrogens with zero attached hydrogens (tertiary/aromatic N) is 3. The molecule has 7 nitrogen and oxygen atoms in total. The van der Waals surface area contributed by atoms with E-state index in [0.717, 1.165) is 169 Å². The molecule has 0 amide bonds. The number of aryl methyl sites for hydroxylation is 4. The third-order valence-electron chi connectivity index (χ3n) is 17.5. The van der Waals surface area contributed by atoms with Crippen LogP contribution in [0.2, 0.25) is 0 Å². The monoisotopic (exact) mass is 1030 g/mol. The smallest absolute Gasteiger partial charge is 0.261 e. The second-order valence-electron chi connectivity index (χ2n) is 22.0. The predicted molar refractivity (Wildman–Crippen MR) is 329 cm³/mol. The van der Waals surface area contributed by atoms with Crippen LogP contribution in [0.4, 0.5) is 51.2 Å². The summed E-state index contributed by atoms with van der Waals surface area (Å²) in [6.45, 7) is 8.18. The van der Waals surface area contributed by atoms with Crippen LogP contribution in [0.25, 0.3) is 0 Å². The standard InChI is InChI=1S/C70H48B3N3O4/c1-41-21-19-22-42(2)67(41)75-52-37-47(74(45-25-7-5-8-26-45)46-27-9-6-10-28-46)38-53-62(52)73(63-54(75)39-60-65-69(63)79-58-35-17-13-31-50(58)71(65)48-29-11-15-33-56(48)77-60)64-55(76(53)68-43(3)23-20-24-44(68)4)40-61-66-70(64)80-59-36-18-14-32-51(59)72(66)49-30-12-16-34-57(49)78-61/h5-40H,1-4H3. The fourth-order valence-electron chi connectivity index (χ4n) is 14.3. The van der Waals surface area contributed by atoms with Crippen molar-refractivity contribution in [2.24, 2.45) is 0 Å². The summed E-state index contributed by atoms with van der Waals surface area (Å²) in [7, 11) is 0. The summed E-state index contributed by atoms with van der Waals surface area (Å²) in [6.07, 6.45) is 0. The first-order valence-electron chi connectivity index (χ1n) is 27.7. The van der Waals surface area contributed by atoms with E-state index in [9.17, 15) is 0 Å². The fraction of sp³-hybridized carbons (Fsp3) is 0.0571. The molecule has 0 spiro atoms. The zero-order chi connectivity index (χ0) is 53.1. The zero-order valence-electron chi connectivity index (χ0n) is 44.5. The molecule has 0 fully saturated rings. The van der Waals surface area contributed by atoms with Crippen LogP contribution < -0.4 is 82.8 Å². The SMILES string of the molecule is Cc1cccc(C)c1N1c2cc(N(c3ccccc3)c3ccccc3)cc3c2B(c2c1cc1c4c2Oc2ccccc2B4c2ccccc2O1)c1c(cc2c4c1Oc1ccccc1B4c1ccccc1O2)N3c1c(C)cccc1C. The molecule has 0 saturated carbocycles. The van der Waals surface area contributed by atoms with E-state index in [4.69, 9.17) is 18.9 Å². The molecule has 0 unspecified atom stereocenters. The summed E-state index contributed by atoms with van der Waals surface area (Å²) in [6, 6.07) is 78.4. The van der Waals surface area contributed by atoms with Gasteiger partial charge in [0.2, 0.25) is 0 Å². The van der Waals surface area contributed by atoms with Crippen molar-refractivity contribution < 1.29 is 18.9 Å². The van der Waals surface area contributed by atoms with Crippen LogP contribution in [-0.2, 0) is 0 Å². The van der Waals surface area contributed by atoms with Crippen molar-refractivity contribution in [3.63, 3.8) is 0 Å². The topological polar surface area (TPSA) is 46.6 Å². The molecule has 10 heteroatoms. The first-order valence-corrected chi connectivity index (χ1v) is 27.7. The van der Waals surface area contributed by atoms with Gasteiger partial charge in [0, 0.05) is 57.2 Å². The van der Waals surface area contributed by atoms with Crippen molar-refractivity contribution in [1.82, 2.24) is 0 Å². The predicted octanol–water partition coefficient (Wildman–Crippen LogP) is 11.9. The van der Waals surface area contributed by atoms with E-state index in [1.807, 2.05) is 0 Å². The number of rotatable bonds is 5. The van der Waals surface area contributed by atoms with Crippen LogP contribution >= 0.6 is 0 Å². The van der Waals surface area contributed by atoms with Gasteiger partial charge in [-0.15, -0.1) is 0 Å². The molecule has 0 aliphatic carbocycles. The van der Waals surface area contributed by atoms with Gasteiger partial charge in [-0.1, -0.05) is 146 Å². The average Bonchev–Trinajstić information content (AvgIpc) is 3.50. The summed E-state index contributed by atoms with van der Waals surface area (Å²) in [5.41, 5.74) is 23.6. The number of benzene rings is 11. The second-order valence-corrected chi connectivity index (χ2v) is 22.0. The molecule has 0 bridgehead atoms. The summed E-state index contributed by atoms with van der Waals surface area (Å²) < 4.78 is 29.8. The van der Waals surface area contributed by atoms with Gasteiger partial charge in [-0.3, -0.25) is 0 Å². The lowest BCUT2D eigenvalue weighted by Gasteiger charge is -2.48. The Balaban J connectivity index is 1.07. The lowest BCUT2D eigenvalue weighted by atomic mass is 9.28. The van der Waals surface area contributed by atoms with E-state index >= 15 is 0 Å². The number of anilines is 9. The number of para-hydroxylation sites is 8. The number of fused-ring (bicyclic) bond motifs is 14. The van der Waals surface area contributed by atoms with Crippen LogP contribution in [0.5, 0.6) is 46.0 Å². The summed E-state index contributed by atoms with van der Waals surface area (Å²) in [4.78, 5) is 7.45. The number of ether oxygens (including phenoxy) is 4. The van der Waals surface area contributed by atoms with Crippen molar-refractivity contribution in [2.75, 3.05) is 14.7 Å². The Morgan fingerprint density at radius 2 is 0.625 bits per heavy atom. The van der Waals surface area contributed by atoms with Crippen LogP contribution in [0.1, 0.15) is 22.3 Å². The number of hydrogen-bond donors (Lipinski definition) is 0. The Morgan fingerprint density at radius 1 is 0.287 bits per heavy atom. The van der Waals surface area contributed by atoms with Crippen LogP contribution in [0, 0.1) is 27.7 Å².